The number of nitrogens with two attached hydrogens (primary N) is 2. The monoisotopic (exact) mass is 270 g/mol. The molecule has 0 heterocycles. The molecule has 0 atom stereocenters. The molecule has 0 saturated heterocycles. The van der Waals surface area contributed by atoms with E-state index in [1.165, 1.54) is 24.3 Å². The van der Waals surface area contributed by atoms with Gasteiger partial charge in [0.25, 0.3) is 10.0 Å². The van der Waals surface area contributed by atoms with Crippen LogP contribution in [0.1, 0.15) is 13.3 Å². The zero-order valence-electron chi connectivity index (χ0n) is 9.75. The summed E-state index contributed by atoms with van der Waals surface area (Å²) >= 11 is 0. The third kappa shape index (κ3) is 3.74. The van der Waals surface area contributed by atoms with E-state index in [9.17, 15) is 13.2 Å². The largest absolute Gasteiger partial charge is 0.369 e. The first-order valence-electron chi connectivity index (χ1n) is 5.11. The van der Waals surface area contributed by atoms with Gasteiger partial charge in [0.15, 0.2) is 0 Å². The topological polar surface area (TPSA) is 128 Å². The Hall–Kier alpha value is -2.09. The van der Waals surface area contributed by atoms with E-state index in [2.05, 4.69) is 9.71 Å². The van der Waals surface area contributed by atoms with Crippen molar-refractivity contribution in [3.05, 3.63) is 24.3 Å². The number of guanidine groups is 1. The third-order valence-corrected chi connectivity index (χ3v) is 3.30. The fourth-order valence-corrected chi connectivity index (χ4v) is 2.01. The van der Waals surface area contributed by atoms with Gasteiger partial charge in [-0.25, -0.2) is 0 Å². The molecule has 8 heteroatoms. The smallest absolute Gasteiger partial charge is 0.285 e. The molecule has 0 radical (unpaired) electrons. The lowest BCUT2D eigenvalue weighted by Gasteiger charge is -2.04. The number of benzene rings is 1. The number of carbonyl (C=O) groups is 1. The Kier molecular flexibility index (Phi) is 4.27. The first-order chi connectivity index (χ1) is 8.35. The summed E-state index contributed by atoms with van der Waals surface area (Å²) in [5.41, 5.74) is 10.5. The number of nitrogens with zero attached hydrogens (tertiary/aromatic N) is 1. The Morgan fingerprint density at radius 2 is 1.83 bits per heavy atom. The van der Waals surface area contributed by atoms with Crippen LogP contribution in [-0.4, -0.2) is 20.3 Å². The molecule has 0 saturated carbocycles. The summed E-state index contributed by atoms with van der Waals surface area (Å²) in [6, 6.07) is 5.55. The van der Waals surface area contributed by atoms with Crippen molar-refractivity contribution in [1.82, 2.24) is 0 Å². The van der Waals surface area contributed by atoms with Crippen LogP contribution in [0.3, 0.4) is 0 Å². The van der Waals surface area contributed by atoms with Gasteiger partial charge in [-0.05, 0) is 24.3 Å². The zero-order chi connectivity index (χ0) is 13.8. The summed E-state index contributed by atoms with van der Waals surface area (Å²) in [5.74, 6) is -0.687. The molecule has 0 aliphatic heterocycles. The quantitative estimate of drug-likeness (QED) is 0.524. The number of carbonyl (C=O) groups excluding carboxylic acids is 1. The minimum Gasteiger partial charge on any atom is -0.369 e. The van der Waals surface area contributed by atoms with E-state index < -0.39 is 16.0 Å². The summed E-state index contributed by atoms with van der Waals surface area (Å²) < 4.78 is 26.3. The summed E-state index contributed by atoms with van der Waals surface area (Å²) in [6.07, 6.45) is 0.341. The second-order valence-corrected chi connectivity index (χ2v) is 5.02. The second kappa shape index (κ2) is 5.50. The second-order valence-electron chi connectivity index (χ2n) is 3.42. The highest BCUT2D eigenvalue weighted by molar-refractivity contribution is 7.90. The summed E-state index contributed by atoms with van der Waals surface area (Å²) in [7, 11) is -3.89. The van der Waals surface area contributed by atoms with Gasteiger partial charge in [0, 0.05) is 12.1 Å². The molecule has 1 aromatic rings. The van der Waals surface area contributed by atoms with Crippen molar-refractivity contribution in [3.8, 4) is 0 Å². The Labute approximate surface area is 105 Å². The molecule has 7 nitrogen and oxygen atoms in total. The van der Waals surface area contributed by atoms with Crippen LogP contribution in [0, 0.1) is 0 Å². The minimum absolute atomic E-state index is 0.0506. The molecule has 1 rings (SSSR count). The molecule has 0 aliphatic carbocycles. The van der Waals surface area contributed by atoms with E-state index in [4.69, 9.17) is 11.5 Å². The van der Waals surface area contributed by atoms with Crippen LogP contribution in [0.25, 0.3) is 0 Å². The van der Waals surface area contributed by atoms with Gasteiger partial charge in [-0.2, -0.15) is 8.42 Å². The van der Waals surface area contributed by atoms with Crippen LogP contribution in [0.15, 0.2) is 33.6 Å². The molecule has 0 bridgehead atoms. The van der Waals surface area contributed by atoms with Gasteiger partial charge in [0.05, 0.1) is 4.90 Å². The molecule has 1 aromatic carbocycles. The lowest BCUT2D eigenvalue weighted by Crippen LogP contribution is -2.24. The molecular weight excluding hydrogens is 256 g/mol. The van der Waals surface area contributed by atoms with Gasteiger partial charge in [-0.15, -0.1) is 4.40 Å². The van der Waals surface area contributed by atoms with Crippen molar-refractivity contribution in [2.45, 2.75) is 18.2 Å². The number of hydrogen-bond donors (Lipinski definition) is 3. The Balaban J connectivity index is 2.96. The number of amides is 1. The van der Waals surface area contributed by atoms with E-state index in [0.29, 0.717) is 12.1 Å². The van der Waals surface area contributed by atoms with Crippen molar-refractivity contribution in [2.24, 2.45) is 15.9 Å². The number of nitrogens with one attached hydrogen (secondary N) is 1. The van der Waals surface area contributed by atoms with Crippen molar-refractivity contribution >= 4 is 27.6 Å². The maximum absolute atomic E-state index is 11.6. The van der Waals surface area contributed by atoms with E-state index in [-0.39, 0.29) is 10.8 Å². The Morgan fingerprint density at radius 3 is 2.28 bits per heavy atom. The molecule has 0 unspecified atom stereocenters. The van der Waals surface area contributed by atoms with Crippen LogP contribution >= 0.6 is 0 Å². The highest BCUT2D eigenvalue weighted by Crippen LogP contribution is 2.16. The molecule has 0 fully saturated rings. The van der Waals surface area contributed by atoms with Gasteiger partial charge in [-0.3, -0.25) is 4.79 Å². The van der Waals surface area contributed by atoms with Crippen molar-refractivity contribution in [3.63, 3.8) is 0 Å². The lowest BCUT2D eigenvalue weighted by molar-refractivity contribution is -0.115. The van der Waals surface area contributed by atoms with Gasteiger partial charge in [-0.1, -0.05) is 6.92 Å². The van der Waals surface area contributed by atoms with Crippen LogP contribution < -0.4 is 16.8 Å². The molecule has 18 heavy (non-hydrogen) atoms. The predicted octanol–water partition coefficient (Wildman–Crippen LogP) is -0.00280. The molecule has 1 amide bonds. The van der Waals surface area contributed by atoms with Gasteiger partial charge in [0.2, 0.25) is 11.9 Å². The average Bonchev–Trinajstić information content (AvgIpc) is 2.28. The molecule has 98 valence electrons. The van der Waals surface area contributed by atoms with Gasteiger partial charge >= 0.3 is 0 Å². The van der Waals surface area contributed by atoms with Gasteiger partial charge < -0.3 is 16.8 Å². The Morgan fingerprint density at radius 1 is 1.28 bits per heavy atom. The maximum atomic E-state index is 11.6. The van der Waals surface area contributed by atoms with Crippen molar-refractivity contribution in [1.29, 1.82) is 0 Å². The summed E-state index contributed by atoms with van der Waals surface area (Å²) in [4.78, 5) is 11.1. The molecule has 0 spiro atoms. The minimum atomic E-state index is -3.89. The highest BCUT2D eigenvalue weighted by atomic mass is 32.2. The number of sulfonamides is 1. The maximum Gasteiger partial charge on any atom is 0.285 e. The fourth-order valence-electron chi connectivity index (χ4n) is 1.15. The summed E-state index contributed by atoms with van der Waals surface area (Å²) in [6.45, 7) is 1.72. The standard InChI is InChI=1S/C10H14N4O3S/c1-2-9(15)13-7-3-5-8(6-4-7)18(16,17)14-10(11)12/h3-6H,2H2,1H3,(H,13,15)(H4,11,12,14). The van der Waals surface area contributed by atoms with Crippen LogP contribution in [-0.2, 0) is 14.8 Å². The Bertz CT molecular complexity index is 559. The van der Waals surface area contributed by atoms with E-state index in [1.54, 1.807) is 6.92 Å². The fraction of sp³-hybridized carbons (Fsp3) is 0.200. The van der Waals surface area contributed by atoms with Crippen LogP contribution in [0.2, 0.25) is 0 Å². The first kappa shape index (κ1) is 14.0. The predicted molar refractivity (Wildman–Crippen MR) is 68.4 cm³/mol. The normalized spacial score (nSPS) is 10.7. The van der Waals surface area contributed by atoms with Crippen molar-refractivity contribution < 1.29 is 13.2 Å². The number of rotatable bonds is 4. The molecular formula is C10H14N4O3S. The third-order valence-electron chi connectivity index (χ3n) is 1.98. The first-order valence-corrected chi connectivity index (χ1v) is 6.55. The van der Waals surface area contributed by atoms with E-state index in [0.717, 1.165) is 0 Å². The van der Waals surface area contributed by atoms with E-state index >= 15 is 0 Å². The number of anilines is 1. The van der Waals surface area contributed by atoms with Crippen LogP contribution in [0.4, 0.5) is 5.69 Å². The van der Waals surface area contributed by atoms with Crippen molar-refractivity contribution in [2.75, 3.05) is 5.32 Å². The lowest BCUT2D eigenvalue weighted by atomic mass is 10.3. The number of hydrogen-bond acceptors (Lipinski definition) is 3. The molecule has 0 aliphatic rings. The molecule has 5 N–H and O–H groups in total. The van der Waals surface area contributed by atoms with Gasteiger partial charge in [0.1, 0.15) is 0 Å². The highest BCUT2D eigenvalue weighted by Gasteiger charge is 2.12. The van der Waals surface area contributed by atoms with E-state index in [1.807, 2.05) is 0 Å². The average molecular weight is 270 g/mol. The summed E-state index contributed by atoms with van der Waals surface area (Å²) in [5, 5.41) is 2.59. The molecule has 0 aromatic heterocycles. The SMILES string of the molecule is CCC(=O)Nc1ccc(S(=O)(=O)N=C(N)N)cc1. The van der Waals surface area contributed by atoms with Crippen LogP contribution in [0.5, 0.6) is 0 Å². The zero-order valence-corrected chi connectivity index (χ0v) is 10.6.